The highest BCUT2D eigenvalue weighted by Crippen LogP contribution is 2.02. The van der Waals surface area contributed by atoms with E-state index in [2.05, 4.69) is 0 Å². The van der Waals surface area contributed by atoms with Crippen LogP contribution >= 0.6 is 0 Å². The Morgan fingerprint density at radius 3 is 2.53 bits per heavy atom. The van der Waals surface area contributed by atoms with Crippen molar-refractivity contribution >= 4 is 11.9 Å². The second kappa shape index (κ2) is 6.82. The smallest absolute Gasteiger partial charge is 0.303 e. The predicted molar refractivity (Wildman–Crippen MR) is 53.9 cm³/mol. The highest BCUT2D eigenvalue weighted by atomic mass is 16.4. The highest BCUT2D eigenvalue weighted by molar-refractivity contribution is 5.76. The summed E-state index contributed by atoms with van der Waals surface area (Å²) in [6, 6.07) is 2.04. The molecule has 0 radical (unpaired) electrons. The Kier molecular flexibility index (Phi) is 6.11. The van der Waals surface area contributed by atoms with E-state index in [0.29, 0.717) is 13.0 Å². The molecule has 84 valence electrons. The minimum Gasteiger partial charge on any atom is -0.481 e. The van der Waals surface area contributed by atoms with Gasteiger partial charge in [0.25, 0.3) is 0 Å². The van der Waals surface area contributed by atoms with Crippen LogP contribution in [0, 0.1) is 17.2 Å². The lowest BCUT2D eigenvalue weighted by atomic mass is 10.2. The van der Waals surface area contributed by atoms with Gasteiger partial charge in [0.05, 0.1) is 12.0 Å². The fourth-order valence-electron chi connectivity index (χ4n) is 1.14. The zero-order valence-corrected chi connectivity index (χ0v) is 9.06. The standard InChI is InChI=1S/C10H16N2O3/c1-8(6-11)7-12(2)9(13)4-3-5-10(14)15/h8H,3-5,7H2,1-2H3,(H,14,15). The highest BCUT2D eigenvalue weighted by Gasteiger charge is 2.12. The maximum Gasteiger partial charge on any atom is 0.303 e. The van der Waals surface area contributed by atoms with Gasteiger partial charge in [-0.05, 0) is 13.3 Å². The van der Waals surface area contributed by atoms with E-state index in [0.717, 1.165) is 0 Å². The lowest BCUT2D eigenvalue weighted by molar-refractivity contribution is -0.137. The first-order valence-corrected chi connectivity index (χ1v) is 4.82. The van der Waals surface area contributed by atoms with Gasteiger partial charge in [-0.1, -0.05) is 0 Å². The molecule has 0 fully saturated rings. The van der Waals surface area contributed by atoms with Gasteiger partial charge in [0.1, 0.15) is 0 Å². The number of carbonyl (C=O) groups is 2. The van der Waals surface area contributed by atoms with Gasteiger partial charge in [0, 0.05) is 26.4 Å². The maximum atomic E-state index is 11.4. The molecule has 0 spiro atoms. The SMILES string of the molecule is CC(C#N)CN(C)C(=O)CCCC(=O)O. The second-order valence-corrected chi connectivity index (χ2v) is 3.55. The predicted octanol–water partition coefficient (Wildman–Crippen LogP) is 0.859. The summed E-state index contributed by atoms with van der Waals surface area (Å²) in [6.07, 6.45) is 0.577. The topological polar surface area (TPSA) is 81.4 Å². The first kappa shape index (κ1) is 13.4. The number of carboxylic acids is 1. The molecular formula is C10H16N2O3. The molecular weight excluding hydrogens is 196 g/mol. The molecule has 0 aromatic rings. The number of carbonyl (C=O) groups excluding carboxylic acids is 1. The summed E-state index contributed by atoms with van der Waals surface area (Å²) in [7, 11) is 1.62. The van der Waals surface area contributed by atoms with Crippen LogP contribution in [0.3, 0.4) is 0 Å². The van der Waals surface area contributed by atoms with Crippen LogP contribution in [-0.2, 0) is 9.59 Å². The number of hydrogen-bond donors (Lipinski definition) is 1. The summed E-state index contributed by atoms with van der Waals surface area (Å²) in [5.74, 6) is -1.20. The first-order chi connectivity index (χ1) is 6.97. The molecule has 0 saturated carbocycles. The first-order valence-electron chi connectivity index (χ1n) is 4.82. The van der Waals surface area contributed by atoms with Gasteiger partial charge in [-0.15, -0.1) is 0 Å². The summed E-state index contributed by atoms with van der Waals surface area (Å²) in [5.41, 5.74) is 0. The molecule has 0 bridgehead atoms. The van der Waals surface area contributed by atoms with Gasteiger partial charge in [-0.25, -0.2) is 0 Å². The zero-order valence-electron chi connectivity index (χ0n) is 9.06. The van der Waals surface area contributed by atoms with E-state index in [9.17, 15) is 9.59 Å². The minimum absolute atomic E-state index is 0.00732. The number of carboxylic acid groups (broad SMARTS) is 1. The van der Waals surface area contributed by atoms with Crippen LogP contribution in [0.15, 0.2) is 0 Å². The van der Waals surface area contributed by atoms with Gasteiger partial charge in [-0.3, -0.25) is 9.59 Å². The number of nitriles is 1. The Bertz CT molecular complexity index is 270. The largest absolute Gasteiger partial charge is 0.481 e. The molecule has 0 aliphatic rings. The third kappa shape index (κ3) is 6.49. The van der Waals surface area contributed by atoms with E-state index in [1.54, 1.807) is 14.0 Å². The average molecular weight is 212 g/mol. The summed E-state index contributed by atoms with van der Waals surface area (Å²) in [5, 5.41) is 16.9. The van der Waals surface area contributed by atoms with Gasteiger partial charge < -0.3 is 10.0 Å². The molecule has 0 aliphatic carbocycles. The molecule has 1 atom stereocenters. The van der Waals surface area contributed by atoms with Crippen LogP contribution in [0.4, 0.5) is 0 Å². The van der Waals surface area contributed by atoms with Crippen molar-refractivity contribution in [3.8, 4) is 6.07 Å². The molecule has 1 unspecified atom stereocenters. The number of amides is 1. The third-order valence-electron chi connectivity index (χ3n) is 1.98. The second-order valence-electron chi connectivity index (χ2n) is 3.55. The van der Waals surface area contributed by atoms with Gasteiger partial charge in [0.15, 0.2) is 0 Å². The molecule has 0 heterocycles. The molecule has 0 aromatic heterocycles. The van der Waals surface area contributed by atoms with E-state index in [1.807, 2.05) is 6.07 Å². The number of aliphatic carboxylic acids is 1. The van der Waals surface area contributed by atoms with Crippen molar-refractivity contribution in [1.29, 1.82) is 5.26 Å². The average Bonchev–Trinajstić information content (AvgIpc) is 2.16. The van der Waals surface area contributed by atoms with Crippen LogP contribution in [0.2, 0.25) is 0 Å². The van der Waals surface area contributed by atoms with Gasteiger partial charge >= 0.3 is 5.97 Å². The molecule has 0 aromatic carbocycles. The number of nitrogens with zero attached hydrogens (tertiary/aromatic N) is 2. The van der Waals surface area contributed by atoms with Crippen LogP contribution in [0.5, 0.6) is 0 Å². The molecule has 5 nitrogen and oxygen atoms in total. The van der Waals surface area contributed by atoms with E-state index in [-0.39, 0.29) is 24.7 Å². The van der Waals surface area contributed by atoms with Crippen molar-refractivity contribution in [2.24, 2.45) is 5.92 Å². The van der Waals surface area contributed by atoms with Crippen molar-refractivity contribution in [3.63, 3.8) is 0 Å². The molecule has 1 amide bonds. The Morgan fingerprint density at radius 2 is 2.07 bits per heavy atom. The lowest BCUT2D eigenvalue weighted by Gasteiger charge is -2.17. The zero-order chi connectivity index (χ0) is 11.8. The third-order valence-corrected chi connectivity index (χ3v) is 1.98. The van der Waals surface area contributed by atoms with Crippen molar-refractivity contribution < 1.29 is 14.7 Å². The molecule has 0 rings (SSSR count). The van der Waals surface area contributed by atoms with E-state index in [1.165, 1.54) is 4.90 Å². The number of hydrogen-bond acceptors (Lipinski definition) is 3. The van der Waals surface area contributed by atoms with Crippen molar-refractivity contribution in [1.82, 2.24) is 4.90 Å². The Morgan fingerprint density at radius 1 is 1.47 bits per heavy atom. The summed E-state index contributed by atoms with van der Waals surface area (Å²) >= 11 is 0. The Balaban J connectivity index is 3.80. The van der Waals surface area contributed by atoms with Gasteiger partial charge in [0.2, 0.25) is 5.91 Å². The molecule has 15 heavy (non-hydrogen) atoms. The van der Waals surface area contributed by atoms with Gasteiger partial charge in [-0.2, -0.15) is 5.26 Å². The van der Waals surface area contributed by atoms with Crippen LogP contribution in [0.25, 0.3) is 0 Å². The maximum absolute atomic E-state index is 11.4. The van der Waals surface area contributed by atoms with Crippen molar-refractivity contribution in [2.75, 3.05) is 13.6 Å². The Labute approximate surface area is 89.3 Å². The Hall–Kier alpha value is -1.57. The van der Waals surface area contributed by atoms with Crippen LogP contribution in [-0.4, -0.2) is 35.5 Å². The van der Waals surface area contributed by atoms with Crippen molar-refractivity contribution in [3.05, 3.63) is 0 Å². The van der Waals surface area contributed by atoms with E-state index in [4.69, 9.17) is 10.4 Å². The molecule has 0 aliphatic heterocycles. The molecule has 1 N–H and O–H groups in total. The monoisotopic (exact) mass is 212 g/mol. The lowest BCUT2D eigenvalue weighted by Crippen LogP contribution is -2.30. The quantitative estimate of drug-likeness (QED) is 0.708. The summed E-state index contributed by atoms with van der Waals surface area (Å²) in [6.45, 7) is 2.13. The van der Waals surface area contributed by atoms with E-state index < -0.39 is 5.97 Å². The van der Waals surface area contributed by atoms with Crippen LogP contribution < -0.4 is 0 Å². The summed E-state index contributed by atoms with van der Waals surface area (Å²) in [4.78, 5) is 23.1. The normalized spacial score (nSPS) is 11.5. The fourth-order valence-corrected chi connectivity index (χ4v) is 1.14. The van der Waals surface area contributed by atoms with Crippen LogP contribution in [0.1, 0.15) is 26.2 Å². The van der Waals surface area contributed by atoms with E-state index >= 15 is 0 Å². The molecule has 0 saturated heterocycles. The number of rotatable bonds is 6. The van der Waals surface area contributed by atoms with Crippen molar-refractivity contribution in [2.45, 2.75) is 26.2 Å². The fraction of sp³-hybridized carbons (Fsp3) is 0.700. The minimum atomic E-state index is -0.893. The summed E-state index contributed by atoms with van der Waals surface area (Å²) < 4.78 is 0. The molecule has 5 heteroatoms.